The molecule has 19 heavy (non-hydrogen) atoms. The molecule has 0 aromatic carbocycles. The summed E-state index contributed by atoms with van der Waals surface area (Å²) in [5.74, 6) is 2.64. The van der Waals surface area contributed by atoms with Crippen molar-refractivity contribution in [3.63, 3.8) is 0 Å². The summed E-state index contributed by atoms with van der Waals surface area (Å²) in [7, 11) is 2.00. The molecule has 2 aliphatic rings. The van der Waals surface area contributed by atoms with E-state index in [1.165, 1.54) is 37.8 Å². The molecule has 4 atom stereocenters. The number of aromatic nitrogens is 3. The molecule has 2 saturated carbocycles. The molecule has 4 unspecified atom stereocenters. The minimum atomic E-state index is 0.407. The van der Waals surface area contributed by atoms with Gasteiger partial charge < -0.3 is 5.32 Å². The van der Waals surface area contributed by atoms with Crippen molar-refractivity contribution in [1.29, 1.82) is 0 Å². The van der Waals surface area contributed by atoms with Gasteiger partial charge in [-0.1, -0.05) is 18.6 Å². The van der Waals surface area contributed by atoms with Crippen LogP contribution < -0.4 is 5.32 Å². The number of rotatable bonds is 5. The van der Waals surface area contributed by atoms with E-state index in [1.807, 2.05) is 11.7 Å². The Balaban J connectivity index is 1.85. The molecule has 1 heterocycles. The van der Waals surface area contributed by atoms with Crippen LogP contribution in [0, 0.1) is 17.8 Å². The van der Waals surface area contributed by atoms with Crippen LogP contribution in [0.3, 0.4) is 0 Å². The van der Waals surface area contributed by atoms with Crippen LogP contribution in [0.5, 0.6) is 0 Å². The molecule has 0 spiro atoms. The van der Waals surface area contributed by atoms with Crippen LogP contribution >= 0.6 is 15.9 Å². The summed E-state index contributed by atoms with van der Waals surface area (Å²) in [6.07, 6.45) is 6.86. The van der Waals surface area contributed by atoms with E-state index in [-0.39, 0.29) is 0 Å². The van der Waals surface area contributed by atoms with Gasteiger partial charge in [-0.05, 0) is 65.9 Å². The Kier molecular flexibility index (Phi) is 3.94. The first kappa shape index (κ1) is 13.6. The summed E-state index contributed by atoms with van der Waals surface area (Å²) in [4.78, 5) is 0. The van der Waals surface area contributed by atoms with Gasteiger partial charge in [-0.25, -0.2) is 4.68 Å². The lowest BCUT2D eigenvalue weighted by Crippen LogP contribution is -2.33. The molecule has 1 aromatic rings. The van der Waals surface area contributed by atoms with E-state index in [0.717, 1.165) is 28.9 Å². The predicted molar refractivity (Wildman–Crippen MR) is 78.7 cm³/mol. The van der Waals surface area contributed by atoms with Crippen molar-refractivity contribution in [1.82, 2.24) is 20.3 Å². The van der Waals surface area contributed by atoms with E-state index < -0.39 is 0 Å². The van der Waals surface area contributed by atoms with Crippen LogP contribution in [0.25, 0.3) is 0 Å². The lowest BCUT2D eigenvalue weighted by molar-refractivity contribution is 0.242. The van der Waals surface area contributed by atoms with Gasteiger partial charge in [0.1, 0.15) is 0 Å². The Morgan fingerprint density at radius 3 is 2.79 bits per heavy atom. The average molecular weight is 327 g/mol. The van der Waals surface area contributed by atoms with Crippen LogP contribution in [-0.4, -0.2) is 21.5 Å². The molecule has 3 rings (SSSR count). The number of aryl methyl sites for hydroxylation is 1. The largest absolute Gasteiger partial charge is 0.308 e. The Bertz CT molecular complexity index is 425. The summed E-state index contributed by atoms with van der Waals surface area (Å²) in [5.41, 5.74) is 1.23. The molecule has 2 fully saturated rings. The lowest BCUT2D eigenvalue weighted by atomic mass is 9.82. The molecule has 2 bridgehead atoms. The third-order valence-electron chi connectivity index (χ3n) is 4.96. The third kappa shape index (κ3) is 2.47. The maximum atomic E-state index is 4.17. The fourth-order valence-electron chi connectivity index (χ4n) is 4.12. The molecule has 0 aliphatic heterocycles. The van der Waals surface area contributed by atoms with Crippen LogP contribution in [0.1, 0.15) is 50.8 Å². The van der Waals surface area contributed by atoms with Gasteiger partial charge in [0.2, 0.25) is 0 Å². The van der Waals surface area contributed by atoms with Gasteiger partial charge in [0, 0.05) is 7.05 Å². The quantitative estimate of drug-likeness (QED) is 0.904. The topological polar surface area (TPSA) is 42.7 Å². The van der Waals surface area contributed by atoms with Gasteiger partial charge in [0.25, 0.3) is 0 Å². The molecule has 0 amide bonds. The Morgan fingerprint density at radius 1 is 1.42 bits per heavy atom. The SMILES string of the molecule is CCCNC(c1c(Br)nnn1C)C1CC2CCC1C2. The smallest absolute Gasteiger partial charge is 0.153 e. The molecule has 106 valence electrons. The fraction of sp³-hybridized carbons (Fsp3) is 0.857. The molecule has 4 nitrogen and oxygen atoms in total. The summed E-state index contributed by atoms with van der Waals surface area (Å²) in [5, 5.41) is 12.1. The first-order chi connectivity index (χ1) is 9.20. The van der Waals surface area contributed by atoms with Crippen molar-refractivity contribution in [3.05, 3.63) is 10.3 Å². The zero-order valence-electron chi connectivity index (χ0n) is 11.8. The van der Waals surface area contributed by atoms with Crippen molar-refractivity contribution in [2.45, 2.75) is 45.1 Å². The zero-order valence-corrected chi connectivity index (χ0v) is 13.4. The van der Waals surface area contributed by atoms with Crippen LogP contribution in [0.2, 0.25) is 0 Å². The van der Waals surface area contributed by atoms with Crippen molar-refractivity contribution in [3.8, 4) is 0 Å². The average Bonchev–Trinajstić information content (AvgIpc) is 3.09. The zero-order chi connectivity index (χ0) is 13.4. The van der Waals surface area contributed by atoms with Crippen molar-refractivity contribution >= 4 is 15.9 Å². The maximum absolute atomic E-state index is 4.17. The summed E-state index contributed by atoms with van der Waals surface area (Å²) >= 11 is 3.58. The van der Waals surface area contributed by atoms with Gasteiger partial charge in [-0.15, -0.1) is 5.10 Å². The monoisotopic (exact) mass is 326 g/mol. The second kappa shape index (κ2) is 5.52. The fourth-order valence-corrected chi connectivity index (χ4v) is 4.70. The molecule has 2 aliphatic carbocycles. The number of hydrogen-bond donors (Lipinski definition) is 1. The molecular formula is C14H23BrN4. The number of hydrogen-bond acceptors (Lipinski definition) is 3. The highest BCUT2D eigenvalue weighted by molar-refractivity contribution is 9.10. The highest BCUT2D eigenvalue weighted by Gasteiger charge is 2.44. The summed E-state index contributed by atoms with van der Waals surface area (Å²) < 4.78 is 2.84. The summed E-state index contributed by atoms with van der Waals surface area (Å²) in [6, 6.07) is 0.407. The van der Waals surface area contributed by atoms with Gasteiger partial charge in [0.05, 0.1) is 11.7 Å². The number of fused-ring (bicyclic) bond motifs is 2. The second-order valence-electron chi connectivity index (χ2n) is 6.16. The molecule has 1 N–H and O–H groups in total. The van der Waals surface area contributed by atoms with E-state index in [0.29, 0.717) is 6.04 Å². The minimum absolute atomic E-state index is 0.407. The van der Waals surface area contributed by atoms with E-state index >= 15 is 0 Å². The van der Waals surface area contributed by atoms with Gasteiger partial charge in [-0.3, -0.25) is 0 Å². The lowest BCUT2D eigenvalue weighted by Gasteiger charge is -2.31. The predicted octanol–water partition coefficient (Wildman–Crippen LogP) is 3.05. The Labute approximate surface area is 123 Å². The van der Waals surface area contributed by atoms with Gasteiger partial charge >= 0.3 is 0 Å². The summed E-state index contributed by atoms with van der Waals surface area (Å²) in [6.45, 7) is 3.29. The number of halogens is 1. The number of nitrogens with zero attached hydrogens (tertiary/aromatic N) is 3. The first-order valence-corrected chi connectivity index (χ1v) is 8.28. The van der Waals surface area contributed by atoms with E-state index in [9.17, 15) is 0 Å². The van der Waals surface area contributed by atoms with Crippen LogP contribution in [-0.2, 0) is 7.05 Å². The van der Waals surface area contributed by atoms with Crippen LogP contribution in [0.4, 0.5) is 0 Å². The maximum Gasteiger partial charge on any atom is 0.153 e. The Hall–Kier alpha value is -0.420. The van der Waals surface area contributed by atoms with E-state index in [4.69, 9.17) is 0 Å². The highest BCUT2D eigenvalue weighted by Crippen LogP contribution is 2.52. The highest BCUT2D eigenvalue weighted by atomic mass is 79.9. The number of nitrogens with one attached hydrogen (secondary N) is 1. The Morgan fingerprint density at radius 2 is 2.26 bits per heavy atom. The van der Waals surface area contributed by atoms with Gasteiger partial charge in [-0.2, -0.15) is 0 Å². The first-order valence-electron chi connectivity index (χ1n) is 7.49. The normalized spacial score (nSPS) is 31.0. The van der Waals surface area contributed by atoms with Crippen molar-refractivity contribution in [2.75, 3.05) is 6.54 Å². The second-order valence-corrected chi connectivity index (χ2v) is 6.91. The van der Waals surface area contributed by atoms with Gasteiger partial charge in [0.15, 0.2) is 4.60 Å². The third-order valence-corrected chi connectivity index (χ3v) is 5.52. The molecule has 0 radical (unpaired) electrons. The molecule has 5 heteroatoms. The van der Waals surface area contributed by atoms with Crippen molar-refractivity contribution in [2.24, 2.45) is 24.8 Å². The van der Waals surface area contributed by atoms with Crippen molar-refractivity contribution < 1.29 is 0 Å². The van der Waals surface area contributed by atoms with E-state index in [2.05, 4.69) is 38.5 Å². The van der Waals surface area contributed by atoms with Crippen LogP contribution in [0.15, 0.2) is 4.60 Å². The molecule has 1 aromatic heterocycles. The van der Waals surface area contributed by atoms with E-state index in [1.54, 1.807) is 0 Å². The molecular weight excluding hydrogens is 304 g/mol. The minimum Gasteiger partial charge on any atom is -0.308 e. The molecule has 0 saturated heterocycles. The standard InChI is InChI=1S/C14H23BrN4/c1-3-6-16-12(13-14(15)17-18-19(13)2)11-8-9-4-5-10(11)7-9/h9-12,16H,3-8H2,1-2H3.